The first-order valence-corrected chi connectivity index (χ1v) is 7.63. The van der Waals surface area contributed by atoms with Crippen molar-refractivity contribution in [2.45, 2.75) is 13.3 Å². The molecule has 5 heteroatoms. The van der Waals surface area contributed by atoms with Crippen LogP contribution in [0.4, 0.5) is 11.5 Å². The molecular weight excluding hydrogens is 284 g/mol. The van der Waals surface area contributed by atoms with Crippen LogP contribution >= 0.6 is 11.6 Å². The molecule has 1 aliphatic heterocycles. The van der Waals surface area contributed by atoms with E-state index in [1.54, 1.807) is 6.07 Å². The first-order valence-electron chi connectivity index (χ1n) is 7.26. The molecule has 1 aromatic heterocycles. The minimum atomic E-state index is 0.488. The number of nitrogens with zero attached hydrogens (tertiary/aromatic N) is 3. The van der Waals surface area contributed by atoms with E-state index in [-0.39, 0.29) is 0 Å². The lowest BCUT2D eigenvalue weighted by atomic mass is 10.1. The van der Waals surface area contributed by atoms with Crippen LogP contribution in [0.5, 0.6) is 0 Å². The maximum Gasteiger partial charge on any atom is 0.134 e. The van der Waals surface area contributed by atoms with Gasteiger partial charge in [-0.05, 0) is 31.4 Å². The van der Waals surface area contributed by atoms with Gasteiger partial charge in [0.05, 0.1) is 0 Å². The van der Waals surface area contributed by atoms with Gasteiger partial charge in [0, 0.05) is 31.4 Å². The summed E-state index contributed by atoms with van der Waals surface area (Å²) in [5, 5.41) is 3.87. The number of halogens is 1. The summed E-state index contributed by atoms with van der Waals surface area (Å²) < 4.78 is 0. The van der Waals surface area contributed by atoms with Crippen molar-refractivity contribution in [1.29, 1.82) is 0 Å². The zero-order chi connectivity index (χ0) is 14.7. The third kappa shape index (κ3) is 3.64. The third-order valence-electron chi connectivity index (χ3n) is 3.79. The molecule has 2 heterocycles. The van der Waals surface area contributed by atoms with E-state index in [0.29, 0.717) is 16.9 Å². The Morgan fingerprint density at radius 2 is 2.10 bits per heavy atom. The monoisotopic (exact) mass is 302 g/mol. The summed E-state index contributed by atoms with van der Waals surface area (Å²) in [6.45, 7) is 4.95. The number of benzene rings is 1. The summed E-state index contributed by atoms with van der Waals surface area (Å²) in [5.74, 6) is 2.13. The first kappa shape index (κ1) is 14.1. The van der Waals surface area contributed by atoms with Crippen molar-refractivity contribution >= 4 is 23.1 Å². The molecular formula is C16H19ClN4. The summed E-state index contributed by atoms with van der Waals surface area (Å²) in [4.78, 5) is 10.9. The summed E-state index contributed by atoms with van der Waals surface area (Å²) in [5.41, 5.74) is 1.31. The van der Waals surface area contributed by atoms with E-state index >= 15 is 0 Å². The van der Waals surface area contributed by atoms with Gasteiger partial charge in [0.1, 0.15) is 16.8 Å². The van der Waals surface area contributed by atoms with Crippen molar-refractivity contribution < 1.29 is 0 Å². The Morgan fingerprint density at radius 1 is 1.29 bits per heavy atom. The predicted molar refractivity (Wildman–Crippen MR) is 87.0 cm³/mol. The second-order valence-corrected chi connectivity index (χ2v) is 5.83. The molecule has 21 heavy (non-hydrogen) atoms. The van der Waals surface area contributed by atoms with Gasteiger partial charge in [-0.15, -0.1) is 0 Å². The fourth-order valence-corrected chi connectivity index (χ4v) is 2.97. The number of para-hydroxylation sites is 1. The van der Waals surface area contributed by atoms with Crippen molar-refractivity contribution in [2.75, 3.05) is 29.9 Å². The first-order chi connectivity index (χ1) is 10.2. The van der Waals surface area contributed by atoms with Gasteiger partial charge in [-0.2, -0.15) is 0 Å². The Morgan fingerprint density at radius 3 is 2.86 bits per heavy atom. The van der Waals surface area contributed by atoms with Crippen LogP contribution in [-0.2, 0) is 0 Å². The number of nitrogens with one attached hydrogen (secondary N) is 1. The number of hydrogen-bond acceptors (Lipinski definition) is 4. The molecule has 1 fully saturated rings. The standard InChI is InChI=1S/C16H19ClN4/c1-12-19-15(17)9-16(20-12)18-10-13-7-8-21(11-13)14-5-3-2-4-6-14/h2-6,9,13H,7-8,10-11H2,1H3,(H,18,19,20). The molecule has 4 nitrogen and oxygen atoms in total. The third-order valence-corrected chi connectivity index (χ3v) is 3.98. The van der Waals surface area contributed by atoms with Gasteiger partial charge in [0.15, 0.2) is 0 Å². The quantitative estimate of drug-likeness (QED) is 0.879. The minimum Gasteiger partial charge on any atom is -0.371 e. The molecule has 0 saturated carbocycles. The highest BCUT2D eigenvalue weighted by Gasteiger charge is 2.22. The summed E-state index contributed by atoms with van der Waals surface area (Å²) in [6.07, 6.45) is 1.19. The molecule has 1 aromatic carbocycles. The van der Waals surface area contributed by atoms with Crippen LogP contribution in [0, 0.1) is 12.8 Å². The minimum absolute atomic E-state index is 0.488. The van der Waals surface area contributed by atoms with E-state index in [2.05, 4.69) is 50.5 Å². The molecule has 3 rings (SSSR count). The Bertz CT molecular complexity index is 582. The Balaban J connectivity index is 1.55. The maximum absolute atomic E-state index is 5.95. The SMILES string of the molecule is Cc1nc(Cl)cc(NCC2CCN(c3ccccc3)C2)n1. The highest BCUT2D eigenvalue weighted by molar-refractivity contribution is 6.29. The zero-order valence-corrected chi connectivity index (χ0v) is 12.8. The lowest BCUT2D eigenvalue weighted by Crippen LogP contribution is -2.22. The smallest absolute Gasteiger partial charge is 0.134 e. The van der Waals surface area contributed by atoms with Crippen molar-refractivity contribution in [2.24, 2.45) is 5.92 Å². The van der Waals surface area contributed by atoms with Crippen molar-refractivity contribution in [1.82, 2.24) is 9.97 Å². The molecule has 0 bridgehead atoms. The van der Waals surface area contributed by atoms with Crippen molar-refractivity contribution in [3.05, 3.63) is 47.4 Å². The highest BCUT2D eigenvalue weighted by Crippen LogP contribution is 2.23. The lowest BCUT2D eigenvalue weighted by molar-refractivity contribution is 0.621. The molecule has 0 radical (unpaired) electrons. The molecule has 1 unspecified atom stereocenters. The topological polar surface area (TPSA) is 41.1 Å². The van der Waals surface area contributed by atoms with Gasteiger partial charge in [0.2, 0.25) is 0 Å². The normalized spacial score (nSPS) is 18.0. The maximum atomic E-state index is 5.95. The van der Waals surface area contributed by atoms with Gasteiger partial charge >= 0.3 is 0 Å². The summed E-state index contributed by atoms with van der Waals surface area (Å²) >= 11 is 5.95. The fourth-order valence-electron chi connectivity index (χ4n) is 2.74. The second-order valence-electron chi connectivity index (χ2n) is 5.44. The van der Waals surface area contributed by atoms with Gasteiger partial charge in [-0.3, -0.25) is 0 Å². The number of rotatable bonds is 4. The predicted octanol–water partition coefficient (Wildman–Crippen LogP) is 3.38. The fraction of sp³-hybridized carbons (Fsp3) is 0.375. The van der Waals surface area contributed by atoms with E-state index in [9.17, 15) is 0 Å². The summed E-state index contributed by atoms with van der Waals surface area (Å²) in [7, 11) is 0. The summed E-state index contributed by atoms with van der Waals surface area (Å²) in [6, 6.07) is 12.4. The van der Waals surface area contributed by atoms with Crippen LogP contribution in [-0.4, -0.2) is 29.6 Å². The number of aromatic nitrogens is 2. The molecule has 1 atom stereocenters. The van der Waals surface area contributed by atoms with Crippen LogP contribution in [0.3, 0.4) is 0 Å². The molecule has 1 N–H and O–H groups in total. The van der Waals surface area contributed by atoms with Gasteiger partial charge < -0.3 is 10.2 Å². The molecule has 1 saturated heterocycles. The van der Waals surface area contributed by atoms with E-state index in [1.165, 1.54) is 12.1 Å². The molecule has 0 amide bonds. The second kappa shape index (κ2) is 6.31. The number of anilines is 2. The van der Waals surface area contributed by atoms with Crippen LogP contribution in [0.1, 0.15) is 12.2 Å². The molecule has 1 aliphatic rings. The van der Waals surface area contributed by atoms with E-state index in [1.807, 2.05) is 6.92 Å². The van der Waals surface area contributed by atoms with Crippen LogP contribution in [0.15, 0.2) is 36.4 Å². The molecule has 0 spiro atoms. The zero-order valence-electron chi connectivity index (χ0n) is 12.1. The van der Waals surface area contributed by atoms with Gasteiger partial charge in [-0.25, -0.2) is 9.97 Å². The van der Waals surface area contributed by atoms with Crippen LogP contribution in [0.25, 0.3) is 0 Å². The lowest BCUT2D eigenvalue weighted by Gasteiger charge is -2.18. The largest absolute Gasteiger partial charge is 0.371 e. The van der Waals surface area contributed by atoms with Crippen molar-refractivity contribution in [3.63, 3.8) is 0 Å². The Labute approximate surface area is 130 Å². The van der Waals surface area contributed by atoms with Crippen LogP contribution in [0.2, 0.25) is 5.15 Å². The molecule has 2 aromatic rings. The van der Waals surface area contributed by atoms with E-state index in [0.717, 1.165) is 25.5 Å². The van der Waals surface area contributed by atoms with Gasteiger partial charge in [0.25, 0.3) is 0 Å². The number of aryl methyl sites for hydroxylation is 1. The highest BCUT2D eigenvalue weighted by atomic mass is 35.5. The Hall–Kier alpha value is -1.81. The van der Waals surface area contributed by atoms with E-state index in [4.69, 9.17) is 11.6 Å². The molecule has 0 aliphatic carbocycles. The molecule has 110 valence electrons. The average Bonchev–Trinajstić information content (AvgIpc) is 2.94. The van der Waals surface area contributed by atoms with Crippen LogP contribution < -0.4 is 10.2 Å². The Kier molecular flexibility index (Phi) is 4.25. The number of hydrogen-bond donors (Lipinski definition) is 1. The van der Waals surface area contributed by atoms with E-state index < -0.39 is 0 Å². The average molecular weight is 303 g/mol. The van der Waals surface area contributed by atoms with Gasteiger partial charge in [-0.1, -0.05) is 29.8 Å². The van der Waals surface area contributed by atoms with Crippen molar-refractivity contribution in [3.8, 4) is 0 Å².